The second-order valence-corrected chi connectivity index (χ2v) is 8.34. The van der Waals surface area contributed by atoms with E-state index in [0.29, 0.717) is 14.9 Å². The van der Waals surface area contributed by atoms with Crippen molar-refractivity contribution >= 4 is 91.0 Å². The Labute approximate surface area is 180 Å². The van der Waals surface area contributed by atoms with E-state index >= 15 is 0 Å². The van der Waals surface area contributed by atoms with Crippen LogP contribution < -0.4 is 10.2 Å². The van der Waals surface area contributed by atoms with Crippen molar-refractivity contribution in [3.8, 4) is 0 Å². The maximum absolute atomic E-state index is 12.3. The molecule has 2 atom stereocenters. The molecule has 2 unspecified atom stereocenters. The van der Waals surface area contributed by atoms with Gasteiger partial charge in [-0.2, -0.15) is 0 Å². The average molecular weight is 674 g/mol. The van der Waals surface area contributed by atoms with Gasteiger partial charge in [0.15, 0.2) is 0 Å². The number of nitrogens with one attached hydrogen (secondary N) is 1. The number of anilines is 2. The lowest BCUT2D eigenvalue weighted by Gasteiger charge is -2.27. The first kappa shape index (κ1) is 22.3. The lowest BCUT2D eigenvalue weighted by Crippen LogP contribution is -2.41. The number of amides is 2. The molecule has 1 rings (SSSR count). The van der Waals surface area contributed by atoms with E-state index in [0.717, 1.165) is 7.14 Å². The fourth-order valence-electron chi connectivity index (χ4n) is 1.83. The molecule has 1 aromatic rings. The maximum Gasteiger partial charge on any atom is 0.255 e. The number of benzene rings is 1. The molecule has 0 bridgehead atoms. The Balaban J connectivity index is 3.46. The van der Waals surface area contributed by atoms with Gasteiger partial charge in [-0.1, -0.05) is 0 Å². The monoisotopic (exact) mass is 674 g/mol. The van der Waals surface area contributed by atoms with Gasteiger partial charge in [-0.05, 0) is 87.7 Å². The Morgan fingerprint density at radius 1 is 1.17 bits per heavy atom. The molecule has 4 N–H and O–H groups in total. The predicted octanol–water partition coefficient (Wildman–Crippen LogP) is 1.53. The van der Waals surface area contributed by atoms with Crippen LogP contribution in [-0.2, 0) is 9.59 Å². The highest BCUT2D eigenvalue weighted by molar-refractivity contribution is 14.1. The van der Waals surface area contributed by atoms with Gasteiger partial charge in [0.25, 0.3) is 11.8 Å². The number of hydrogen-bond donors (Lipinski definition) is 4. The Bertz CT molecular complexity index is 637. The molecule has 0 aliphatic heterocycles. The van der Waals surface area contributed by atoms with Crippen molar-refractivity contribution in [1.29, 1.82) is 0 Å². The number of aliphatic hydroxyl groups is 3. The molecule has 24 heavy (non-hydrogen) atoms. The quantitative estimate of drug-likeness (QED) is 0.343. The second-order valence-electron chi connectivity index (χ2n) is 4.93. The van der Waals surface area contributed by atoms with E-state index < -0.39 is 24.0 Å². The van der Waals surface area contributed by atoms with E-state index in [1.165, 1.54) is 18.7 Å². The van der Waals surface area contributed by atoms with Crippen LogP contribution in [0.4, 0.5) is 11.4 Å². The van der Waals surface area contributed by atoms with Gasteiger partial charge in [-0.25, -0.2) is 0 Å². The number of nitrogens with zero attached hydrogens (tertiary/aromatic N) is 1. The molecule has 2 amide bonds. The van der Waals surface area contributed by atoms with E-state index in [2.05, 4.69) is 50.5 Å². The smallest absolute Gasteiger partial charge is 0.255 e. The minimum absolute atomic E-state index is 0.0140. The van der Waals surface area contributed by atoms with Crippen LogP contribution in [0, 0.1) is 10.7 Å². The van der Waals surface area contributed by atoms with Gasteiger partial charge in [0.2, 0.25) is 0 Å². The summed E-state index contributed by atoms with van der Waals surface area (Å²) in [6.45, 7) is 2.46. The highest BCUT2D eigenvalue weighted by Crippen LogP contribution is 2.37. The van der Waals surface area contributed by atoms with Crippen LogP contribution in [0.25, 0.3) is 0 Å². The summed E-state index contributed by atoms with van der Waals surface area (Å²) in [6.07, 6.45) is -2.40. The highest BCUT2D eigenvalue weighted by Gasteiger charge is 2.27. The molecule has 134 valence electrons. The normalized spacial score (nSPS) is 13.3. The van der Waals surface area contributed by atoms with E-state index in [-0.39, 0.29) is 13.2 Å². The van der Waals surface area contributed by atoms with E-state index in [1.807, 2.05) is 22.6 Å². The molecule has 7 nitrogen and oxygen atoms in total. The summed E-state index contributed by atoms with van der Waals surface area (Å²) in [6, 6.07) is 1.77. The van der Waals surface area contributed by atoms with E-state index in [9.17, 15) is 24.9 Å². The van der Waals surface area contributed by atoms with Gasteiger partial charge in [-0.3, -0.25) is 9.59 Å². The molecule has 0 aliphatic carbocycles. The predicted molar refractivity (Wildman–Crippen MR) is 116 cm³/mol. The number of aliphatic hydroxyl groups excluding tert-OH is 3. The minimum atomic E-state index is -1.22. The fraction of sp³-hybridized carbons (Fsp3) is 0.429. The number of carbonyl (C=O) groups excluding carboxylic acids is 2. The number of carbonyl (C=O) groups is 2. The van der Waals surface area contributed by atoms with E-state index in [1.54, 1.807) is 6.07 Å². The molecular formula is C14H17I3N2O5. The summed E-state index contributed by atoms with van der Waals surface area (Å²) in [5.74, 6) is -1.11. The molecule has 0 spiro atoms. The first-order valence-corrected chi connectivity index (χ1v) is 10.1. The second kappa shape index (κ2) is 9.80. The summed E-state index contributed by atoms with van der Waals surface area (Å²) in [5, 5.41) is 30.9. The van der Waals surface area contributed by atoms with Crippen LogP contribution >= 0.6 is 67.8 Å². The Morgan fingerprint density at radius 2 is 1.75 bits per heavy atom. The van der Waals surface area contributed by atoms with Gasteiger partial charge in [0.1, 0.15) is 12.2 Å². The molecule has 0 saturated heterocycles. The molecule has 0 aliphatic rings. The Hall–Kier alpha value is 0.230. The lowest BCUT2D eigenvalue weighted by molar-refractivity contribution is -0.126. The highest BCUT2D eigenvalue weighted by atomic mass is 127. The standard InChI is InChI=1S/C14H17I3N2O5/c1-6(21)13(23)18-11-8(15)5-9(16)12(10(11)17)19(3-4-20)14(24)7(2)22/h5-7,20-22H,3-4H2,1-2H3,(H,18,23). The van der Waals surface area contributed by atoms with Gasteiger partial charge >= 0.3 is 0 Å². The van der Waals surface area contributed by atoms with Crippen molar-refractivity contribution in [1.82, 2.24) is 0 Å². The maximum atomic E-state index is 12.3. The third-order valence-corrected chi connectivity index (χ3v) is 5.71. The van der Waals surface area contributed by atoms with Gasteiger partial charge in [-0.15, -0.1) is 0 Å². The summed E-state index contributed by atoms with van der Waals surface area (Å²) in [4.78, 5) is 25.4. The van der Waals surface area contributed by atoms with Crippen LogP contribution in [0.3, 0.4) is 0 Å². The van der Waals surface area contributed by atoms with Crippen molar-refractivity contribution < 1.29 is 24.9 Å². The van der Waals surface area contributed by atoms with Crippen molar-refractivity contribution in [3.63, 3.8) is 0 Å². The topological polar surface area (TPSA) is 110 Å². The lowest BCUT2D eigenvalue weighted by atomic mass is 10.2. The largest absolute Gasteiger partial charge is 0.395 e. The van der Waals surface area contributed by atoms with Crippen LogP contribution in [-0.4, -0.2) is 52.5 Å². The van der Waals surface area contributed by atoms with Crippen molar-refractivity contribution in [2.75, 3.05) is 23.4 Å². The number of hydrogen-bond acceptors (Lipinski definition) is 5. The van der Waals surface area contributed by atoms with Gasteiger partial charge in [0.05, 0.1) is 21.6 Å². The summed E-state index contributed by atoms with van der Waals surface area (Å²) >= 11 is 6.11. The minimum Gasteiger partial charge on any atom is -0.395 e. The Morgan fingerprint density at radius 3 is 2.21 bits per heavy atom. The van der Waals surface area contributed by atoms with Crippen molar-refractivity contribution in [2.24, 2.45) is 0 Å². The van der Waals surface area contributed by atoms with Gasteiger partial charge in [0, 0.05) is 13.7 Å². The third kappa shape index (κ3) is 5.36. The fourth-order valence-corrected chi connectivity index (χ4v) is 6.05. The van der Waals surface area contributed by atoms with E-state index in [4.69, 9.17) is 0 Å². The van der Waals surface area contributed by atoms with Gasteiger partial charge < -0.3 is 25.5 Å². The van der Waals surface area contributed by atoms with Crippen molar-refractivity contribution in [2.45, 2.75) is 26.1 Å². The molecule has 0 heterocycles. The molecule has 0 fully saturated rings. The zero-order valence-corrected chi connectivity index (χ0v) is 19.4. The molecule has 0 saturated carbocycles. The SMILES string of the molecule is CC(O)C(=O)Nc1c(I)cc(I)c(N(CCO)C(=O)C(C)O)c1I. The molecular weight excluding hydrogens is 657 g/mol. The van der Waals surface area contributed by atoms with Crippen LogP contribution in [0.2, 0.25) is 0 Å². The Kier molecular flexibility index (Phi) is 9.09. The average Bonchev–Trinajstić information content (AvgIpc) is 2.49. The molecule has 1 aromatic carbocycles. The van der Waals surface area contributed by atoms with Crippen molar-refractivity contribution in [3.05, 3.63) is 16.8 Å². The number of halogens is 3. The number of rotatable bonds is 6. The zero-order valence-electron chi connectivity index (χ0n) is 12.9. The summed E-state index contributed by atoms with van der Waals surface area (Å²) in [5.41, 5.74) is 0.969. The summed E-state index contributed by atoms with van der Waals surface area (Å²) < 4.78 is 2.06. The molecule has 0 aromatic heterocycles. The zero-order chi connectivity index (χ0) is 18.6. The first-order valence-electron chi connectivity index (χ1n) is 6.88. The van der Waals surface area contributed by atoms with Crippen LogP contribution in [0.5, 0.6) is 0 Å². The van der Waals surface area contributed by atoms with Crippen LogP contribution in [0.15, 0.2) is 6.07 Å². The molecule has 10 heteroatoms. The molecule has 0 radical (unpaired) electrons. The third-order valence-electron chi connectivity index (χ3n) is 2.99. The first-order chi connectivity index (χ1) is 11.1. The van der Waals surface area contributed by atoms with Crippen LogP contribution in [0.1, 0.15) is 13.8 Å². The summed E-state index contributed by atoms with van der Waals surface area (Å²) in [7, 11) is 0.